The number of ketones is 1. The van der Waals surface area contributed by atoms with Gasteiger partial charge in [0.15, 0.2) is 5.78 Å². The summed E-state index contributed by atoms with van der Waals surface area (Å²) in [6, 6.07) is 8.28. The minimum Gasteiger partial charge on any atom is -0.367 e. The number of nitrogens with zero attached hydrogens (tertiary/aromatic N) is 1. The Hall–Kier alpha value is -1.39. The molecule has 1 aromatic carbocycles. The smallest absolute Gasteiger partial charge is 0.159 e. The maximum atomic E-state index is 14.0. The standard InChI is InChI=1S/C14H13ClFNOS/c1-9(18)10-3-5-13(12(16)7-10)17(2)8-11-4-6-14(15)19-11/h3-7H,8H2,1-2H3. The number of Topliss-reactive ketones (excluding diaryl/α,β-unsaturated/α-hetero) is 1. The molecule has 100 valence electrons. The molecule has 0 saturated carbocycles. The number of rotatable bonds is 4. The van der Waals surface area contributed by atoms with Crippen LogP contribution in [0.15, 0.2) is 30.3 Å². The average molecular weight is 298 g/mol. The Morgan fingerprint density at radius 1 is 1.37 bits per heavy atom. The van der Waals surface area contributed by atoms with E-state index >= 15 is 0 Å². The van der Waals surface area contributed by atoms with Gasteiger partial charge in [0.25, 0.3) is 0 Å². The van der Waals surface area contributed by atoms with Crippen molar-refractivity contribution < 1.29 is 9.18 Å². The van der Waals surface area contributed by atoms with Crippen LogP contribution >= 0.6 is 22.9 Å². The molecule has 0 aliphatic heterocycles. The zero-order valence-corrected chi connectivity index (χ0v) is 12.2. The van der Waals surface area contributed by atoms with Gasteiger partial charge >= 0.3 is 0 Å². The van der Waals surface area contributed by atoms with E-state index in [0.29, 0.717) is 17.8 Å². The maximum absolute atomic E-state index is 14.0. The highest BCUT2D eigenvalue weighted by Crippen LogP contribution is 2.26. The number of anilines is 1. The summed E-state index contributed by atoms with van der Waals surface area (Å²) in [5.41, 5.74) is 0.850. The first-order valence-corrected chi connectivity index (χ1v) is 6.92. The van der Waals surface area contributed by atoms with E-state index in [9.17, 15) is 9.18 Å². The van der Waals surface area contributed by atoms with Crippen LogP contribution in [0.2, 0.25) is 4.34 Å². The lowest BCUT2D eigenvalue weighted by atomic mass is 10.1. The summed E-state index contributed by atoms with van der Waals surface area (Å²) in [6.45, 7) is 2.00. The highest BCUT2D eigenvalue weighted by molar-refractivity contribution is 7.16. The highest BCUT2D eigenvalue weighted by atomic mass is 35.5. The number of hydrogen-bond acceptors (Lipinski definition) is 3. The van der Waals surface area contributed by atoms with Crippen LogP contribution in [0, 0.1) is 5.82 Å². The number of halogens is 2. The molecule has 5 heteroatoms. The van der Waals surface area contributed by atoms with E-state index in [1.165, 1.54) is 24.3 Å². The third-order valence-electron chi connectivity index (χ3n) is 2.79. The van der Waals surface area contributed by atoms with Gasteiger partial charge in [0.2, 0.25) is 0 Å². The van der Waals surface area contributed by atoms with Crippen molar-refractivity contribution in [2.45, 2.75) is 13.5 Å². The van der Waals surface area contributed by atoms with Crippen molar-refractivity contribution in [3.8, 4) is 0 Å². The lowest BCUT2D eigenvalue weighted by molar-refractivity contribution is 0.101. The zero-order valence-electron chi connectivity index (χ0n) is 10.6. The first-order chi connectivity index (χ1) is 8.97. The number of thiophene rings is 1. The molecule has 2 nitrogen and oxygen atoms in total. The second-order valence-corrected chi connectivity index (χ2v) is 6.08. The maximum Gasteiger partial charge on any atom is 0.159 e. The van der Waals surface area contributed by atoms with Gasteiger partial charge in [0.1, 0.15) is 5.82 Å². The van der Waals surface area contributed by atoms with E-state index in [1.807, 2.05) is 12.1 Å². The van der Waals surface area contributed by atoms with Crippen LogP contribution in [-0.2, 0) is 6.54 Å². The Kier molecular flexibility index (Phi) is 4.22. The molecule has 0 atom stereocenters. The molecule has 2 aromatic rings. The lowest BCUT2D eigenvalue weighted by Crippen LogP contribution is -2.17. The third kappa shape index (κ3) is 3.33. The predicted molar refractivity (Wildman–Crippen MR) is 77.8 cm³/mol. The number of carbonyl (C=O) groups is 1. The quantitative estimate of drug-likeness (QED) is 0.781. The summed E-state index contributed by atoms with van der Waals surface area (Å²) in [5.74, 6) is -0.531. The molecule has 0 N–H and O–H groups in total. The molecule has 0 unspecified atom stereocenters. The second-order valence-electron chi connectivity index (χ2n) is 4.28. The minimum atomic E-state index is -0.391. The van der Waals surface area contributed by atoms with Gasteiger partial charge in [0.05, 0.1) is 16.6 Å². The summed E-state index contributed by atoms with van der Waals surface area (Å²) in [4.78, 5) is 14.0. The van der Waals surface area contributed by atoms with E-state index in [1.54, 1.807) is 24.1 Å². The van der Waals surface area contributed by atoms with Gasteiger partial charge in [-0.25, -0.2) is 4.39 Å². The van der Waals surface area contributed by atoms with Gasteiger partial charge in [-0.2, -0.15) is 0 Å². The monoisotopic (exact) mass is 297 g/mol. The van der Waals surface area contributed by atoms with Crippen molar-refractivity contribution in [2.75, 3.05) is 11.9 Å². The molecule has 0 amide bonds. The van der Waals surface area contributed by atoms with E-state index in [2.05, 4.69) is 0 Å². The third-order valence-corrected chi connectivity index (χ3v) is 4.00. The SMILES string of the molecule is CC(=O)c1ccc(N(C)Cc2ccc(Cl)s2)c(F)c1. The second kappa shape index (κ2) is 5.72. The summed E-state index contributed by atoms with van der Waals surface area (Å²) in [6.07, 6.45) is 0. The fourth-order valence-corrected chi connectivity index (χ4v) is 2.93. The van der Waals surface area contributed by atoms with Crippen LogP contribution in [0.4, 0.5) is 10.1 Å². The Morgan fingerprint density at radius 2 is 2.11 bits per heavy atom. The summed E-state index contributed by atoms with van der Waals surface area (Å²) < 4.78 is 14.7. The van der Waals surface area contributed by atoms with Crippen LogP contribution in [0.5, 0.6) is 0 Å². The molecule has 0 fully saturated rings. The molecule has 1 heterocycles. The topological polar surface area (TPSA) is 20.3 Å². The summed E-state index contributed by atoms with van der Waals surface area (Å²) in [7, 11) is 1.81. The van der Waals surface area contributed by atoms with Crippen molar-refractivity contribution >= 4 is 34.4 Å². The van der Waals surface area contributed by atoms with Crippen molar-refractivity contribution in [1.82, 2.24) is 0 Å². The zero-order chi connectivity index (χ0) is 14.0. The molecule has 1 aromatic heterocycles. The Bertz CT molecular complexity index is 611. The van der Waals surface area contributed by atoms with Crippen molar-refractivity contribution in [1.29, 1.82) is 0 Å². The molecule has 0 aliphatic rings. The number of carbonyl (C=O) groups excluding carboxylic acids is 1. The largest absolute Gasteiger partial charge is 0.367 e. The van der Waals surface area contributed by atoms with Crippen molar-refractivity contribution in [3.05, 3.63) is 50.9 Å². The summed E-state index contributed by atoms with van der Waals surface area (Å²) in [5, 5.41) is 0. The average Bonchev–Trinajstić information content (AvgIpc) is 2.74. The molecular weight excluding hydrogens is 285 g/mol. The minimum absolute atomic E-state index is 0.141. The van der Waals surface area contributed by atoms with Crippen molar-refractivity contribution in [3.63, 3.8) is 0 Å². The van der Waals surface area contributed by atoms with E-state index < -0.39 is 5.82 Å². The van der Waals surface area contributed by atoms with Crippen LogP contribution in [-0.4, -0.2) is 12.8 Å². The highest BCUT2D eigenvalue weighted by Gasteiger charge is 2.11. The van der Waals surface area contributed by atoms with Gasteiger partial charge < -0.3 is 4.90 Å². The number of benzene rings is 1. The predicted octanol–water partition coefficient (Wildman–Crippen LogP) is 4.38. The Labute approximate surface area is 120 Å². The van der Waals surface area contributed by atoms with Gasteiger partial charge in [-0.1, -0.05) is 11.6 Å². The fraction of sp³-hybridized carbons (Fsp3) is 0.214. The Morgan fingerprint density at radius 3 is 2.63 bits per heavy atom. The van der Waals surface area contributed by atoms with Crippen molar-refractivity contribution in [2.24, 2.45) is 0 Å². The van der Waals surface area contributed by atoms with Gasteiger partial charge in [-0.3, -0.25) is 4.79 Å². The van der Waals surface area contributed by atoms with Gasteiger partial charge in [0, 0.05) is 17.5 Å². The molecule has 0 aliphatic carbocycles. The Balaban J connectivity index is 2.19. The molecule has 0 spiro atoms. The first kappa shape index (κ1) is 14.0. The van der Waals surface area contributed by atoms with Gasteiger partial charge in [-0.15, -0.1) is 11.3 Å². The van der Waals surface area contributed by atoms with Crippen LogP contribution < -0.4 is 4.90 Å². The van der Waals surface area contributed by atoms with Gasteiger partial charge in [-0.05, 0) is 37.3 Å². The lowest BCUT2D eigenvalue weighted by Gasteiger charge is -2.19. The van der Waals surface area contributed by atoms with E-state index in [4.69, 9.17) is 11.6 Å². The molecular formula is C14H13ClFNOS. The fourth-order valence-electron chi connectivity index (χ4n) is 1.79. The van der Waals surface area contributed by atoms with E-state index in [-0.39, 0.29) is 5.78 Å². The number of hydrogen-bond donors (Lipinski definition) is 0. The van der Waals surface area contributed by atoms with E-state index in [0.717, 1.165) is 9.21 Å². The van der Waals surface area contributed by atoms with Crippen LogP contribution in [0.1, 0.15) is 22.2 Å². The van der Waals surface area contributed by atoms with Crippen LogP contribution in [0.25, 0.3) is 0 Å². The normalized spacial score (nSPS) is 10.5. The molecule has 0 bridgehead atoms. The van der Waals surface area contributed by atoms with Crippen LogP contribution in [0.3, 0.4) is 0 Å². The molecule has 0 saturated heterocycles. The molecule has 19 heavy (non-hydrogen) atoms. The first-order valence-electron chi connectivity index (χ1n) is 5.73. The summed E-state index contributed by atoms with van der Waals surface area (Å²) >= 11 is 7.34. The molecule has 0 radical (unpaired) electrons. The molecule has 2 rings (SSSR count).